The smallest absolute Gasteiger partial charge is 0.0667 e. The maximum Gasteiger partial charge on any atom is 0.0667 e. The van der Waals surface area contributed by atoms with Crippen LogP contribution in [0.5, 0.6) is 0 Å². The first-order valence-electron chi connectivity index (χ1n) is 42.0. The molecule has 554 valence electrons. The standard InChI is InChI=1S/C82H170N4O6/c1-7-13-19-25-31-37-43-49-59-77(87)71-83(67-57-69-85(73-79(89)61-51-45-39-33-27-21-15-9-3)74-80(90)62-52-46-40-34-28-22-16-10-4)65-55-56-66-84(72-78(88)60-50-44-38-32-26-20-14-8-2)68-58-70-86(75-81(91)63-53-47-41-35-29-23-17-11-5)76-82(92)64-54-48-42-36-30-24-18-12-6/h77-82,87-92H,7-76H2,1-6H3. The van der Waals surface area contributed by atoms with Gasteiger partial charge < -0.3 is 40.4 Å². The van der Waals surface area contributed by atoms with Gasteiger partial charge in [-0.05, 0) is 103 Å². The molecule has 6 N–H and O–H groups in total. The molecule has 0 aliphatic carbocycles. The predicted molar refractivity (Wildman–Crippen MR) is 404 cm³/mol. The Morgan fingerprint density at radius 2 is 0.283 bits per heavy atom. The van der Waals surface area contributed by atoms with Gasteiger partial charge in [0.1, 0.15) is 0 Å². The molecule has 0 aromatic heterocycles. The summed E-state index contributed by atoms with van der Waals surface area (Å²) >= 11 is 0. The number of aliphatic hydroxyl groups is 6. The fraction of sp³-hybridized carbons (Fsp3) is 1.00. The fourth-order valence-corrected chi connectivity index (χ4v) is 14.2. The monoisotopic (exact) mass is 1310 g/mol. The van der Waals surface area contributed by atoms with Crippen LogP contribution in [0.1, 0.15) is 414 Å². The molecule has 6 unspecified atom stereocenters. The average molecular weight is 1310 g/mol. The highest BCUT2D eigenvalue weighted by molar-refractivity contribution is 4.76. The molecule has 0 radical (unpaired) electrons. The highest BCUT2D eigenvalue weighted by atomic mass is 16.3. The first kappa shape index (κ1) is 91.6. The lowest BCUT2D eigenvalue weighted by Gasteiger charge is -2.31. The second kappa shape index (κ2) is 73.3. The van der Waals surface area contributed by atoms with Gasteiger partial charge in [-0.3, -0.25) is 9.80 Å². The van der Waals surface area contributed by atoms with E-state index < -0.39 is 0 Å². The first-order chi connectivity index (χ1) is 45.0. The van der Waals surface area contributed by atoms with Crippen molar-refractivity contribution in [3.63, 3.8) is 0 Å². The van der Waals surface area contributed by atoms with Gasteiger partial charge in [-0.1, -0.05) is 350 Å². The van der Waals surface area contributed by atoms with Crippen molar-refractivity contribution in [2.75, 3.05) is 78.5 Å². The highest BCUT2D eigenvalue weighted by Gasteiger charge is 2.21. The Balaban J connectivity index is 6.24. The number of aliphatic hydroxyl groups excluding tert-OH is 6. The second-order valence-corrected chi connectivity index (χ2v) is 30.0. The molecular weight excluding hydrogens is 1140 g/mol. The number of nitrogens with zero attached hydrogens (tertiary/aromatic N) is 4. The minimum absolute atomic E-state index is 0.350. The average Bonchev–Trinajstić information content (AvgIpc) is 3.51. The Morgan fingerprint density at radius 3 is 0.457 bits per heavy atom. The quantitative estimate of drug-likeness (QED) is 0.0327. The molecule has 0 aliphatic rings. The summed E-state index contributed by atoms with van der Waals surface area (Å²) in [6.45, 7) is 22.8. The fourth-order valence-electron chi connectivity index (χ4n) is 14.2. The van der Waals surface area contributed by atoms with E-state index in [0.29, 0.717) is 39.3 Å². The summed E-state index contributed by atoms with van der Waals surface area (Å²) in [5.41, 5.74) is 0. The third-order valence-corrected chi connectivity index (χ3v) is 20.3. The molecule has 0 amide bonds. The SMILES string of the molecule is CCCCCCCCCCC(O)CN(CCCCN(CCCN(CC(O)CCCCCCCCCC)CC(O)CCCCCCCCCC)CC(O)CCCCCCCCCC)CCCN(CC(O)CCCCCCCCCC)CC(O)CCCCCCCCCC. The molecule has 0 aromatic carbocycles. The van der Waals surface area contributed by atoms with E-state index in [9.17, 15) is 30.6 Å². The van der Waals surface area contributed by atoms with E-state index in [1.54, 1.807) is 0 Å². The Labute approximate surface area is 576 Å². The number of hydrogen-bond acceptors (Lipinski definition) is 10. The highest BCUT2D eigenvalue weighted by Crippen LogP contribution is 2.20. The minimum Gasteiger partial charge on any atom is -0.392 e. The second-order valence-electron chi connectivity index (χ2n) is 30.0. The molecule has 0 aliphatic heterocycles. The molecule has 0 saturated carbocycles. The van der Waals surface area contributed by atoms with Gasteiger partial charge in [0.2, 0.25) is 0 Å². The molecule has 10 nitrogen and oxygen atoms in total. The van der Waals surface area contributed by atoms with E-state index in [0.717, 1.165) is 142 Å². The van der Waals surface area contributed by atoms with E-state index in [1.807, 2.05) is 0 Å². The van der Waals surface area contributed by atoms with Crippen LogP contribution in [0, 0.1) is 0 Å². The van der Waals surface area contributed by atoms with Crippen molar-refractivity contribution in [1.82, 2.24) is 19.6 Å². The normalized spacial score (nSPS) is 14.2. The van der Waals surface area contributed by atoms with Crippen molar-refractivity contribution in [1.29, 1.82) is 0 Å². The predicted octanol–water partition coefficient (Wildman–Crippen LogP) is 21.1. The van der Waals surface area contributed by atoms with E-state index in [2.05, 4.69) is 61.1 Å². The Hall–Kier alpha value is -0.400. The summed E-state index contributed by atoms with van der Waals surface area (Å²) < 4.78 is 0. The Morgan fingerprint density at radius 1 is 0.152 bits per heavy atom. The lowest BCUT2D eigenvalue weighted by molar-refractivity contribution is 0.0545. The summed E-state index contributed by atoms with van der Waals surface area (Å²) in [7, 11) is 0. The summed E-state index contributed by atoms with van der Waals surface area (Å²) in [5.74, 6) is 0. The van der Waals surface area contributed by atoms with Crippen molar-refractivity contribution in [3.8, 4) is 0 Å². The Bertz CT molecular complexity index is 1230. The van der Waals surface area contributed by atoms with Crippen LogP contribution in [0.4, 0.5) is 0 Å². The van der Waals surface area contributed by atoms with E-state index >= 15 is 0 Å². The molecule has 0 bridgehead atoms. The van der Waals surface area contributed by atoms with Crippen LogP contribution in [0.2, 0.25) is 0 Å². The topological polar surface area (TPSA) is 134 Å². The van der Waals surface area contributed by atoms with Crippen molar-refractivity contribution in [2.24, 2.45) is 0 Å². The molecular formula is C82H170N4O6. The maximum atomic E-state index is 11.6. The zero-order valence-corrected chi connectivity index (χ0v) is 63.4. The lowest BCUT2D eigenvalue weighted by atomic mass is 10.0. The third-order valence-electron chi connectivity index (χ3n) is 20.3. The largest absolute Gasteiger partial charge is 0.392 e. The van der Waals surface area contributed by atoms with Gasteiger partial charge in [0.25, 0.3) is 0 Å². The van der Waals surface area contributed by atoms with Crippen LogP contribution in [0.25, 0.3) is 0 Å². The van der Waals surface area contributed by atoms with Gasteiger partial charge >= 0.3 is 0 Å². The van der Waals surface area contributed by atoms with Gasteiger partial charge in [0.15, 0.2) is 0 Å². The zero-order valence-electron chi connectivity index (χ0n) is 63.4. The molecule has 92 heavy (non-hydrogen) atoms. The lowest BCUT2D eigenvalue weighted by Crippen LogP contribution is -2.41. The van der Waals surface area contributed by atoms with E-state index in [4.69, 9.17) is 0 Å². The van der Waals surface area contributed by atoms with Crippen LogP contribution >= 0.6 is 0 Å². The number of unbranched alkanes of at least 4 members (excludes halogenated alkanes) is 43. The Kier molecular flexibility index (Phi) is 73.0. The summed E-state index contributed by atoms with van der Waals surface area (Å²) in [6, 6.07) is 0. The maximum absolute atomic E-state index is 11.6. The summed E-state index contributed by atoms with van der Waals surface area (Å²) in [5, 5.41) is 69.1. The molecule has 0 rings (SSSR count). The molecule has 0 heterocycles. The van der Waals surface area contributed by atoms with Crippen LogP contribution in [-0.4, -0.2) is 165 Å². The van der Waals surface area contributed by atoms with Crippen LogP contribution in [0.3, 0.4) is 0 Å². The molecule has 6 atom stereocenters. The van der Waals surface area contributed by atoms with E-state index in [1.165, 1.54) is 270 Å². The first-order valence-corrected chi connectivity index (χ1v) is 42.0. The number of hydrogen-bond donors (Lipinski definition) is 6. The molecule has 0 saturated heterocycles. The van der Waals surface area contributed by atoms with Crippen LogP contribution < -0.4 is 0 Å². The zero-order chi connectivity index (χ0) is 67.3. The van der Waals surface area contributed by atoms with Gasteiger partial charge in [-0.2, -0.15) is 0 Å². The summed E-state index contributed by atoms with van der Waals surface area (Å²) in [4.78, 5) is 9.79. The van der Waals surface area contributed by atoms with Crippen molar-refractivity contribution in [3.05, 3.63) is 0 Å². The molecule has 0 spiro atoms. The molecule has 0 fully saturated rings. The molecule has 10 heteroatoms. The van der Waals surface area contributed by atoms with Gasteiger partial charge in [-0.25, -0.2) is 0 Å². The summed E-state index contributed by atoms with van der Waals surface area (Å²) in [6.07, 6.45) is 67.3. The molecule has 0 aromatic rings. The van der Waals surface area contributed by atoms with Gasteiger partial charge in [-0.15, -0.1) is 0 Å². The number of rotatable bonds is 79. The van der Waals surface area contributed by atoms with Crippen molar-refractivity contribution < 1.29 is 30.6 Å². The van der Waals surface area contributed by atoms with E-state index in [-0.39, 0.29) is 36.6 Å². The third kappa shape index (κ3) is 66.8. The van der Waals surface area contributed by atoms with Crippen LogP contribution in [-0.2, 0) is 0 Å². The van der Waals surface area contributed by atoms with Crippen molar-refractivity contribution >= 4 is 0 Å². The van der Waals surface area contributed by atoms with Gasteiger partial charge in [0.05, 0.1) is 36.6 Å². The van der Waals surface area contributed by atoms with Crippen molar-refractivity contribution in [2.45, 2.75) is 451 Å². The van der Waals surface area contributed by atoms with Gasteiger partial charge in [0, 0.05) is 39.3 Å². The minimum atomic E-state index is -0.382. The van der Waals surface area contributed by atoms with Crippen LogP contribution in [0.15, 0.2) is 0 Å².